The van der Waals surface area contributed by atoms with E-state index in [1.165, 1.54) is 154 Å². The molecule has 0 bridgehead atoms. The number of hydrogen-bond donors (Lipinski definition) is 0. The summed E-state index contributed by atoms with van der Waals surface area (Å²) in [5.74, 6) is -0.0571. The molecule has 0 aliphatic heterocycles. The van der Waals surface area contributed by atoms with Crippen molar-refractivity contribution in [3.8, 4) is 0 Å². The van der Waals surface area contributed by atoms with Crippen molar-refractivity contribution in [3.05, 3.63) is 0 Å². The molecule has 53 heavy (non-hydrogen) atoms. The minimum absolute atomic E-state index is 0.0638. The number of ether oxygens (including phenoxy) is 3. The van der Waals surface area contributed by atoms with Gasteiger partial charge in [0.15, 0.2) is 6.10 Å². The second-order valence-electron chi connectivity index (χ2n) is 16.5. The number of carbonyl (C=O) groups excluding carboxylic acids is 3. The van der Waals surface area contributed by atoms with E-state index < -0.39 is 6.10 Å². The molecule has 0 aromatic rings. The summed E-state index contributed by atoms with van der Waals surface area (Å²) in [6.07, 6.45) is 40.8. The van der Waals surface area contributed by atoms with E-state index in [2.05, 4.69) is 27.7 Å². The third-order valence-electron chi connectivity index (χ3n) is 10.5. The first-order valence-electron chi connectivity index (χ1n) is 23.4. The number of unbranched alkanes of at least 4 members (excludes halogenated alkanes) is 29. The van der Waals surface area contributed by atoms with Gasteiger partial charge in [0.1, 0.15) is 13.2 Å². The zero-order valence-corrected chi connectivity index (χ0v) is 36.0. The molecular formula is C47H90O6. The molecule has 0 aromatic heterocycles. The van der Waals surface area contributed by atoms with Crippen LogP contribution in [0.4, 0.5) is 0 Å². The molecule has 0 aliphatic rings. The summed E-state index contributed by atoms with van der Waals surface area (Å²) in [6.45, 7) is 8.96. The molecule has 6 nitrogen and oxygen atoms in total. The minimum atomic E-state index is -0.759. The predicted octanol–water partition coefficient (Wildman–Crippen LogP) is 14.7. The molecule has 0 N–H and O–H groups in total. The second kappa shape index (κ2) is 41.6. The van der Waals surface area contributed by atoms with E-state index >= 15 is 0 Å². The summed E-state index contributed by atoms with van der Waals surface area (Å²) in [7, 11) is 0. The lowest BCUT2D eigenvalue weighted by Gasteiger charge is -2.18. The number of esters is 3. The average Bonchev–Trinajstić information content (AvgIpc) is 3.14. The van der Waals surface area contributed by atoms with E-state index in [1.807, 2.05) is 0 Å². The molecule has 0 aliphatic carbocycles. The Morgan fingerprint density at radius 1 is 0.358 bits per heavy atom. The molecule has 0 amide bonds. The Balaban J connectivity index is 4.33. The maximum atomic E-state index is 12.7. The Hall–Kier alpha value is -1.59. The van der Waals surface area contributed by atoms with Crippen molar-refractivity contribution in [2.75, 3.05) is 13.2 Å². The molecule has 0 rings (SSSR count). The summed E-state index contributed by atoms with van der Waals surface area (Å²) in [4.78, 5) is 37.7. The van der Waals surface area contributed by atoms with Crippen LogP contribution in [0.5, 0.6) is 0 Å². The zero-order valence-electron chi connectivity index (χ0n) is 36.0. The molecular weight excluding hydrogens is 661 g/mol. The topological polar surface area (TPSA) is 78.9 Å². The lowest BCUT2D eigenvalue weighted by atomic mass is 10.0. The molecule has 0 unspecified atom stereocenters. The first-order chi connectivity index (χ1) is 25.9. The van der Waals surface area contributed by atoms with Gasteiger partial charge in [0.2, 0.25) is 0 Å². The Morgan fingerprint density at radius 2 is 0.623 bits per heavy atom. The van der Waals surface area contributed by atoms with Gasteiger partial charge in [-0.25, -0.2) is 0 Å². The van der Waals surface area contributed by atoms with Crippen LogP contribution in [0.25, 0.3) is 0 Å². The van der Waals surface area contributed by atoms with Gasteiger partial charge in [0, 0.05) is 19.3 Å². The quantitative estimate of drug-likeness (QED) is 0.0351. The van der Waals surface area contributed by atoms with Crippen molar-refractivity contribution in [3.63, 3.8) is 0 Å². The van der Waals surface area contributed by atoms with Gasteiger partial charge in [0.25, 0.3) is 0 Å². The lowest BCUT2D eigenvalue weighted by Crippen LogP contribution is -2.30. The van der Waals surface area contributed by atoms with Gasteiger partial charge >= 0.3 is 17.9 Å². The molecule has 6 heteroatoms. The van der Waals surface area contributed by atoms with E-state index in [1.54, 1.807) is 0 Å². The van der Waals surface area contributed by atoms with Gasteiger partial charge in [-0.1, -0.05) is 220 Å². The normalized spacial score (nSPS) is 11.9. The fourth-order valence-corrected chi connectivity index (χ4v) is 6.98. The summed E-state index contributed by atoms with van der Waals surface area (Å²) in [5.41, 5.74) is 0. The highest BCUT2D eigenvalue weighted by molar-refractivity contribution is 5.71. The maximum absolute atomic E-state index is 12.7. The fourth-order valence-electron chi connectivity index (χ4n) is 6.98. The highest BCUT2D eigenvalue weighted by atomic mass is 16.6. The van der Waals surface area contributed by atoms with Crippen molar-refractivity contribution in [1.29, 1.82) is 0 Å². The highest BCUT2D eigenvalue weighted by Crippen LogP contribution is 2.16. The fraction of sp³-hybridized carbons (Fsp3) is 0.936. The van der Waals surface area contributed by atoms with Crippen LogP contribution in [0.1, 0.15) is 259 Å². The maximum Gasteiger partial charge on any atom is 0.306 e. The zero-order chi connectivity index (χ0) is 38.9. The van der Waals surface area contributed by atoms with E-state index in [-0.39, 0.29) is 31.1 Å². The van der Waals surface area contributed by atoms with Crippen LogP contribution in [-0.4, -0.2) is 37.2 Å². The number of rotatable bonds is 42. The molecule has 0 heterocycles. The Morgan fingerprint density at radius 3 is 0.925 bits per heavy atom. The van der Waals surface area contributed by atoms with E-state index in [4.69, 9.17) is 14.2 Å². The molecule has 314 valence electrons. The second-order valence-corrected chi connectivity index (χ2v) is 16.5. The first kappa shape index (κ1) is 51.4. The third-order valence-corrected chi connectivity index (χ3v) is 10.5. The number of hydrogen-bond acceptors (Lipinski definition) is 6. The summed E-state index contributed by atoms with van der Waals surface area (Å²) < 4.78 is 16.7. The molecule has 0 aromatic carbocycles. The van der Waals surface area contributed by atoms with Gasteiger partial charge in [-0.15, -0.1) is 0 Å². The van der Waals surface area contributed by atoms with E-state index in [9.17, 15) is 14.4 Å². The van der Waals surface area contributed by atoms with Crippen LogP contribution in [0.15, 0.2) is 0 Å². The molecule has 0 saturated heterocycles. The van der Waals surface area contributed by atoms with E-state index in [0.29, 0.717) is 19.3 Å². The largest absolute Gasteiger partial charge is 0.462 e. The van der Waals surface area contributed by atoms with Crippen LogP contribution >= 0.6 is 0 Å². The Bertz CT molecular complexity index is 796. The lowest BCUT2D eigenvalue weighted by molar-refractivity contribution is -0.167. The minimum Gasteiger partial charge on any atom is -0.462 e. The van der Waals surface area contributed by atoms with Gasteiger partial charge < -0.3 is 14.2 Å². The molecule has 0 fully saturated rings. The van der Waals surface area contributed by atoms with Crippen LogP contribution in [0, 0.1) is 5.92 Å². The van der Waals surface area contributed by atoms with Gasteiger partial charge in [-0.3, -0.25) is 14.4 Å². The van der Waals surface area contributed by atoms with Crippen LogP contribution < -0.4 is 0 Å². The van der Waals surface area contributed by atoms with Crippen molar-refractivity contribution >= 4 is 17.9 Å². The van der Waals surface area contributed by atoms with Gasteiger partial charge in [-0.05, 0) is 25.2 Å². The highest BCUT2D eigenvalue weighted by Gasteiger charge is 2.19. The predicted molar refractivity (Wildman–Crippen MR) is 224 cm³/mol. The summed E-state index contributed by atoms with van der Waals surface area (Å²) in [5, 5.41) is 0. The molecule has 0 spiro atoms. The van der Waals surface area contributed by atoms with Crippen LogP contribution in [0.3, 0.4) is 0 Å². The number of carbonyl (C=O) groups is 3. The van der Waals surface area contributed by atoms with Crippen molar-refractivity contribution < 1.29 is 28.6 Å². The molecule has 1 atom stereocenters. The summed E-state index contributed by atoms with van der Waals surface area (Å²) >= 11 is 0. The average molecular weight is 751 g/mol. The summed E-state index contributed by atoms with van der Waals surface area (Å²) in [6, 6.07) is 0. The Labute approximate surface area is 329 Å². The van der Waals surface area contributed by atoms with Gasteiger partial charge in [0.05, 0.1) is 0 Å². The standard InChI is InChI=1S/C47H90O6/c1-5-7-9-11-13-15-17-19-21-26-30-34-38-45(48)51-41-44(42-52-46(49)39-35-31-27-24-23-25-29-33-37-43(3)4)53-47(50)40-36-32-28-22-20-18-16-14-12-10-8-6-2/h43-44H,5-42H2,1-4H3/t44-/m0/s1. The third kappa shape index (κ3) is 41.4. The molecule has 0 saturated carbocycles. The van der Waals surface area contributed by atoms with E-state index in [0.717, 1.165) is 63.7 Å². The van der Waals surface area contributed by atoms with Crippen molar-refractivity contribution in [1.82, 2.24) is 0 Å². The Kier molecular flexibility index (Phi) is 40.3. The monoisotopic (exact) mass is 751 g/mol. The SMILES string of the molecule is CCCCCCCCCCCCCCC(=O)OC[C@@H](COC(=O)CCCCCCCCCCC(C)C)OC(=O)CCCCCCCCCCCCCC. The smallest absolute Gasteiger partial charge is 0.306 e. The van der Waals surface area contributed by atoms with Gasteiger partial charge in [-0.2, -0.15) is 0 Å². The van der Waals surface area contributed by atoms with Crippen LogP contribution in [0.2, 0.25) is 0 Å². The van der Waals surface area contributed by atoms with Crippen molar-refractivity contribution in [2.24, 2.45) is 5.92 Å². The van der Waals surface area contributed by atoms with Crippen molar-refractivity contribution in [2.45, 2.75) is 265 Å². The van der Waals surface area contributed by atoms with Crippen LogP contribution in [-0.2, 0) is 28.6 Å². The molecule has 0 radical (unpaired) electrons. The first-order valence-corrected chi connectivity index (χ1v) is 23.4.